The summed E-state index contributed by atoms with van der Waals surface area (Å²) >= 11 is 11.7. The van der Waals surface area contributed by atoms with Crippen LogP contribution in [0.2, 0.25) is 0 Å². The highest BCUT2D eigenvalue weighted by Gasteiger charge is 2.43. The number of aromatic nitrogens is 1. The number of aliphatic carboxylic acids is 1. The van der Waals surface area contributed by atoms with Crippen LogP contribution in [0, 0.1) is 6.92 Å². The van der Waals surface area contributed by atoms with Gasteiger partial charge in [0, 0.05) is 12.3 Å². The molecular weight excluding hydrogens is 253 g/mol. The van der Waals surface area contributed by atoms with Crippen LogP contribution in [0.1, 0.15) is 11.1 Å². The number of carboxylic acid groups (broad SMARTS) is 1. The molecule has 1 atom stereocenters. The lowest BCUT2D eigenvalue weighted by molar-refractivity contribution is -0.139. The molecule has 0 amide bonds. The van der Waals surface area contributed by atoms with Gasteiger partial charge in [-0.1, -0.05) is 11.6 Å². The highest BCUT2D eigenvalue weighted by atomic mass is 35.5. The summed E-state index contributed by atoms with van der Waals surface area (Å²) in [6.07, 6.45) is 2.69. The normalized spacial score (nSPS) is 23.1. The van der Waals surface area contributed by atoms with E-state index in [-0.39, 0.29) is 16.7 Å². The van der Waals surface area contributed by atoms with Crippen LogP contribution in [-0.2, 0) is 9.67 Å². The smallest absolute Gasteiger partial charge is 0.333 e. The number of ether oxygens (including phenoxy) is 1. The number of carboxylic acids is 1. The van der Waals surface area contributed by atoms with Crippen molar-refractivity contribution in [3.8, 4) is 5.88 Å². The second kappa shape index (κ2) is 3.64. The van der Waals surface area contributed by atoms with Crippen LogP contribution in [0.25, 0.3) is 0 Å². The average molecular weight is 260 g/mol. The van der Waals surface area contributed by atoms with E-state index < -0.39 is 10.8 Å². The van der Waals surface area contributed by atoms with Gasteiger partial charge in [0.15, 0.2) is 10.1 Å². The van der Waals surface area contributed by atoms with Gasteiger partial charge in [-0.05, 0) is 30.2 Å². The van der Waals surface area contributed by atoms with Crippen LogP contribution in [0.5, 0.6) is 5.88 Å². The lowest BCUT2D eigenvalue weighted by Crippen LogP contribution is -2.31. The van der Waals surface area contributed by atoms with Crippen molar-refractivity contribution in [1.29, 1.82) is 0 Å². The van der Waals surface area contributed by atoms with Gasteiger partial charge in [0.05, 0.1) is 5.56 Å². The zero-order chi connectivity index (χ0) is 11.9. The van der Waals surface area contributed by atoms with E-state index >= 15 is 0 Å². The Morgan fingerprint density at radius 2 is 2.31 bits per heavy atom. The van der Waals surface area contributed by atoms with E-state index in [4.69, 9.17) is 33.0 Å². The number of rotatable bonds is 1. The van der Waals surface area contributed by atoms with Gasteiger partial charge in [-0.3, -0.25) is 0 Å². The first kappa shape index (κ1) is 11.2. The minimum absolute atomic E-state index is 0.0961. The van der Waals surface area contributed by atoms with E-state index in [1.54, 1.807) is 19.2 Å². The van der Waals surface area contributed by atoms with Crippen LogP contribution in [0.15, 0.2) is 23.6 Å². The maximum atomic E-state index is 11.2. The topological polar surface area (TPSA) is 59.4 Å². The third kappa shape index (κ3) is 1.64. The summed E-state index contributed by atoms with van der Waals surface area (Å²) in [5.41, 5.74) is 1.08. The largest absolute Gasteiger partial charge is 0.479 e. The molecule has 0 aliphatic carbocycles. The minimum Gasteiger partial charge on any atom is -0.479 e. The number of nitrogens with zero attached hydrogens (tertiary/aromatic N) is 1. The lowest BCUT2D eigenvalue weighted by atomic mass is 9.97. The third-order valence-electron chi connectivity index (χ3n) is 2.20. The first-order chi connectivity index (χ1) is 7.43. The molecule has 0 saturated heterocycles. The predicted molar refractivity (Wildman–Crippen MR) is 58.7 cm³/mol. The summed E-state index contributed by atoms with van der Waals surface area (Å²) in [7, 11) is 0. The molecule has 84 valence electrons. The molecule has 1 aliphatic heterocycles. The Morgan fingerprint density at radius 3 is 2.94 bits per heavy atom. The summed E-state index contributed by atoms with van der Waals surface area (Å²) < 4.78 is 5.10. The summed E-state index contributed by atoms with van der Waals surface area (Å²) in [6, 6.07) is 1.61. The zero-order valence-corrected chi connectivity index (χ0v) is 9.71. The first-order valence-electron chi connectivity index (χ1n) is 4.39. The number of aryl methyl sites for hydroxylation is 1. The molecule has 1 aromatic heterocycles. The standard InChI is InChI=1S/C10H7Cl2NO3/c1-5-2-6-8(13-4-5)16-7(11)3-10(6,12)9(14)15/h2-4H,1H3,(H,14,15). The van der Waals surface area contributed by atoms with Crippen molar-refractivity contribution in [3.63, 3.8) is 0 Å². The summed E-state index contributed by atoms with van der Waals surface area (Å²) in [6.45, 7) is 1.78. The summed E-state index contributed by atoms with van der Waals surface area (Å²) in [5.74, 6) is -1.10. The van der Waals surface area contributed by atoms with Crippen molar-refractivity contribution < 1.29 is 14.6 Å². The quantitative estimate of drug-likeness (QED) is 0.787. The van der Waals surface area contributed by atoms with Crippen molar-refractivity contribution in [2.75, 3.05) is 0 Å². The molecule has 6 heteroatoms. The zero-order valence-electron chi connectivity index (χ0n) is 8.20. The summed E-state index contributed by atoms with van der Waals surface area (Å²) in [4.78, 5) is 13.4. The molecule has 0 bridgehead atoms. The van der Waals surface area contributed by atoms with E-state index in [2.05, 4.69) is 4.98 Å². The van der Waals surface area contributed by atoms with E-state index in [1.807, 2.05) is 0 Å². The first-order valence-corrected chi connectivity index (χ1v) is 5.15. The monoisotopic (exact) mass is 259 g/mol. The maximum absolute atomic E-state index is 11.2. The summed E-state index contributed by atoms with van der Waals surface area (Å²) in [5, 5.41) is 9.04. The van der Waals surface area contributed by atoms with Gasteiger partial charge in [-0.25, -0.2) is 9.78 Å². The Labute approximate surface area is 101 Å². The Balaban J connectivity index is 2.67. The van der Waals surface area contributed by atoms with Gasteiger partial charge in [0.1, 0.15) is 0 Å². The van der Waals surface area contributed by atoms with Crippen LogP contribution < -0.4 is 4.74 Å². The number of pyridine rings is 1. The van der Waals surface area contributed by atoms with Gasteiger partial charge in [-0.2, -0.15) is 0 Å². The molecular formula is C10H7Cl2NO3. The number of hydrogen-bond donors (Lipinski definition) is 1. The second-order valence-corrected chi connectivity index (χ2v) is 4.40. The Bertz CT molecular complexity index is 501. The van der Waals surface area contributed by atoms with E-state index in [0.29, 0.717) is 0 Å². The van der Waals surface area contributed by atoms with E-state index in [1.165, 1.54) is 0 Å². The number of carbonyl (C=O) groups is 1. The Hall–Kier alpha value is -1.26. The van der Waals surface area contributed by atoms with Gasteiger partial charge in [0.25, 0.3) is 0 Å². The second-order valence-electron chi connectivity index (χ2n) is 3.43. The van der Waals surface area contributed by atoms with Crippen molar-refractivity contribution in [2.45, 2.75) is 11.8 Å². The fourth-order valence-corrected chi connectivity index (χ4v) is 1.96. The third-order valence-corrected chi connectivity index (χ3v) is 2.86. The van der Waals surface area contributed by atoms with Crippen molar-refractivity contribution >= 4 is 29.2 Å². The Kier molecular flexibility index (Phi) is 2.56. The van der Waals surface area contributed by atoms with Crippen LogP contribution >= 0.6 is 23.2 Å². The SMILES string of the molecule is Cc1cnc2c(c1)C(Cl)(C(=O)O)C=C(Cl)O2. The van der Waals surface area contributed by atoms with E-state index in [0.717, 1.165) is 11.6 Å². The van der Waals surface area contributed by atoms with Crippen molar-refractivity contribution in [3.05, 3.63) is 34.7 Å². The highest BCUT2D eigenvalue weighted by Crippen LogP contribution is 2.42. The molecule has 1 aliphatic rings. The highest BCUT2D eigenvalue weighted by molar-refractivity contribution is 6.37. The fourth-order valence-electron chi connectivity index (χ4n) is 1.43. The van der Waals surface area contributed by atoms with Crippen LogP contribution in [-0.4, -0.2) is 16.1 Å². The molecule has 1 aromatic rings. The molecule has 4 nitrogen and oxygen atoms in total. The lowest BCUT2D eigenvalue weighted by Gasteiger charge is -2.25. The number of hydrogen-bond acceptors (Lipinski definition) is 3. The number of alkyl halides is 1. The molecule has 2 rings (SSSR count). The molecule has 0 saturated carbocycles. The van der Waals surface area contributed by atoms with Crippen molar-refractivity contribution in [1.82, 2.24) is 4.98 Å². The fraction of sp³-hybridized carbons (Fsp3) is 0.200. The minimum atomic E-state index is -1.72. The van der Waals surface area contributed by atoms with Crippen molar-refractivity contribution in [2.24, 2.45) is 0 Å². The molecule has 0 fully saturated rings. The molecule has 2 heterocycles. The predicted octanol–water partition coefficient (Wildman–Crippen LogP) is 2.38. The van der Waals surface area contributed by atoms with Crippen LogP contribution in [0.3, 0.4) is 0 Å². The van der Waals surface area contributed by atoms with Gasteiger partial charge < -0.3 is 9.84 Å². The number of fused-ring (bicyclic) bond motifs is 1. The maximum Gasteiger partial charge on any atom is 0.333 e. The van der Waals surface area contributed by atoms with Crippen LogP contribution in [0.4, 0.5) is 0 Å². The number of halogens is 2. The van der Waals surface area contributed by atoms with Gasteiger partial charge in [-0.15, -0.1) is 0 Å². The average Bonchev–Trinajstić information content (AvgIpc) is 2.19. The molecule has 0 radical (unpaired) electrons. The molecule has 1 N–H and O–H groups in total. The van der Waals surface area contributed by atoms with Gasteiger partial charge in [0.2, 0.25) is 5.88 Å². The van der Waals surface area contributed by atoms with E-state index in [9.17, 15) is 4.79 Å². The molecule has 0 spiro atoms. The molecule has 16 heavy (non-hydrogen) atoms. The molecule has 1 unspecified atom stereocenters. The van der Waals surface area contributed by atoms with Gasteiger partial charge >= 0.3 is 5.97 Å². The Morgan fingerprint density at radius 1 is 1.62 bits per heavy atom. The molecule has 0 aromatic carbocycles.